The van der Waals surface area contributed by atoms with E-state index in [1.807, 2.05) is 6.92 Å². The van der Waals surface area contributed by atoms with E-state index in [1.54, 1.807) is 13.2 Å². The smallest absolute Gasteiger partial charge is 0.123 e. The molecule has 0 radical (unpaired) electrons. The molecule has 2 nitrogen and oxygen atoms in total. The zero-order chi connectivity index (χ0) is 9.84. The monoisotopic (exact) mass is 183 g/mol. The molecule has 72 valence electrons. The van der Waals surface area contributed by atoms with Gasteiger partial charge in [0.05, 0.1) is 12.6 Å². The van der Waals surface area contributed by atoms with Crippen molar-refractivity contribution in [3.8, 4) is 0 Å². The molecule has 0 heterocycles. The summed E-state index contributed by atoms with van der Waals surface area (Å²) in [4.78, 5) is 0. The highest BCUT2D eigenvalue weighted by molar-refractivity contribution is 5.29. The van der Waals surface area contributed by atoms with Gasteiger partial charge in [-0.1, -0.05) is 6.07 Å². The lowest BCUT2D eigenvalue weighted by Crippen LogP contribution is -2.17. The normalized spacial score (nSPS) is 12.9. The second-order valence-electron chi connectivity index (χ2n) is 3.06. The van der Waals surface area contributed by atoms with E-state index in [4.69, 9.17) is 10.5 Å². The van der Waals surface area contributed by atoms with Crippen LogP contribution < -0.4 is 5.73 Å². The Morgan fingerprint density at radius 2 is 2.23 bits per heavy atom. The molecule has 0 saturated carbocycles. The number of rotatable bonds is 3. The van der Waals surface area contributed by atoms with Gasteiger partial charge in [0.1, 0.15) is 5.82 Å². The minimum Gasteiger partial charge on any atom is -0.383 e. The molecule has 0 aliphatic heterocycles. The quantitative estimate of drug-likeness (QED) is 0.775. The van der Waals surface area contributed by atoms with Crippen LogP contribution >= 0.6 is 0 Å². The molecule has 0 aliphatic carbocycles. The Balaban J connectivity index is 2.91. The number of aryl methyl sites for hydroxylation is 1. The molecule has 0 aromatic heterocycles. The number of hydrogen-bond acceptors (Lipinski definition) is 2. The highest BCUT2D eigenvalue weighted by Crippen LogP contribution is 2.16. The van der Waals surface area contributed by atoms with E-state index < -0.39 is 0 Å². The first-order valence-corrected chi connectivity index (χ1v) is 4.15. The Hall–Kier alpha value is -0.930. The van der Waals surface area contributed by atoms with Gasteiger partial charge in [-0.2, -0.15) is 0 Å². The Morgan fingerprint density at radius 3 is 2.85 bits per heavy atom. The number of halogens is 1. The lowest BCUT2D eigenvalue weighted by molar-refractivity contribution is 0.180. The van der Waals surface area contributed by atoms with Crippen LogP contribution in [0.4, 0.5) is 4.39 Å². The first-order chi connectivity index (χ1) is 6.15. The first kappa shape index (κ1) is 10.2. The predicted octanol–water partition coefficient (Wildman–Crippen LogP) is 1.78. The molecule has 2 N–H and O–H groups in total. The number of hydrogen-bond donors (Lipinski definition) is 1. The van der Waals surface area contributed by atoms with Crippen LogP contribution in [0.15, 0.2) is 18.2 Å². The molecule has 0 fully saturated rings. The van der Waals surface area contributed by atoms with Gasteiger partial charge < -0.3 is 10.5 Å². The number of methoxy groups -OCH3 is 1. The molecule has 0 aliphatic rings. The summed E-state index contributed by atoms with van der Waals surface area (Å²) in [5, 5.41) is 0. The average Bonchev–Trinajstić information content (AvgIpc) is 2.09. The van der Waals surface area contributed by atoms with E-state index in [0.29, 0.717) is 6.61 Å². The van der Waals surface area contributed by atoms with Crippen molar-refractivity contribution in [1.29, 1.82) is 0 Å². The summed E-state index contributed by atoms with van der Waals surface area (Å²) >= 11 is 0. The Bertz CT molecular complexity index is 288. The van der Waals surface area contributed by atoms with Crippen molar-refractivity contribution >= 4 is 0 Å². The molecule has 1 aromatic carbocycles. The summed E-state index contributed by atoms with van der Waals surface area (Å²) < 4.78 is 17.8. The Labute approximate surface area is 77.5 Å². The fourth-order valence-corrected chi connectivity index (χ4v) is 1.28. The molecule has 1 atom stereocenters. The second-order valence-corrected chi connectivity index (χ2v) is 3.06. The molecule has 0 bridgehead atoms. The summed E-state index contributed by atoms with van der Waals surface area (Å²) in [6, 6.07) is 4.36. The van der Waals surface area contributed by atoms with Gasteiger partial charge in [-0.25, -0.2) is 4.39 Å². The van der Waals surface area contributed by atoms with Crippen molar-refractivity contribution in [2.45, 2.75) is 13.0 Å². The zero-order valence-electron chi connectivity index (χ0n) is 7.88. The maximum Gasteiger partial charge on any atom is 0.123 e. The van der Waals surface area contributed by atoms with Gasteiger partial charge in [0, 0.05) is 7.11 Å². The summed E-state index contributed by atoms with van der Waals surface area (Å²) in [6.45, 7) is 2.31. The summed E-state index contributed by atoms with van der Waals surface area (Å²) in [6.07, 6.45) is 0. The molecule has 1 rings (SSSR count). The van der Waals surface area contributed by atoms with Crippen LogP contribution in [-0.4, -0.2) is 13.7 Å². The van der Waals surface area contributed by atoms with Crippen LogP contribution in [0, 0.1) is 12.7 Å². The number of benzene rings is 1. The maximum atomic E-state index is 12.9. The lowest BCUT2D eigenvalue weighted by atomic mass is 10.0. The second kappa shape index (κ2) is 4.35. The third-order valence-electron chi connectivity index (χ3n) is 1.99. The van der Waals surface area contributed by atoms with Gasteiger partial charge in [0.2, 0.25) is 0 Å². The van der Waals surface area contributed by atoms with Crippen molar-refractivity contribution in [3.05, 3.63) is 35.1 Å². The van der Waals surface area contributed by atoms with Gasteiger partial charge in [0.25, 0.3) is 0 Å². The van der Waals surface area contributed by atoms with Crippen LogP contribution in [0.5, 0.6) is 0 Å². The molecule has 13 heavy (non-hydrogen) atoms. The Kier molecular flexibility index (Phi) is 3.39. The molecular formula is C10H14FNO. The minimum absolute atomic E-state index is 0.249. The molecule has 3 heteroatoms. The zero-order valence-corrected chi connectivity index (χ0v) is 7.88. The fraction of sp³-hybridized carbons (Fsp3) is 0.400. The van der Waals surface area contributed by atoms with E-state index in [0.717, 1.165) is 11.1 Å². The number of ether oxygens (including phenoxy) is 1. The summed E-state index contributed by atoms with van der Waals surface area (Å²) in [7, 11) is 1.58. The Morgan fingerprint density at radius 1 is 1.54 bits per heavy atom. The van der Waals surface area contributed by atoms with Crippen molar-refractivity contribution in [2.75, 3.05) is 13.7 Å². The number of nitrogens with two attached hydrogens (primary N) is 1. The third-order valence-corrected chi connectivity index (χ3v) is 1.99. The van der Waals surface area contributed by atoms with Gasteiger partial charge >= 0.3 is 0 Å². The van der Waals surface area contributed by atoms with Crippen LogP contribution in [0.25, 0.3) is 0 Å². The summed E-state index contributed by atoms with van der Waals surface area (Å²) in [5.41, 5.74) is 7.58. The predicted molar refractivity (Wildman–Crippen MR) is 49.9 cm³/mol. The van der Waals surface area contributed by atoms with Crippen molar-refractivity contribution in [3.63, 3.8) is 0 Å². The van der Waals surface area contributed by atoms with Crippen molar-refractivity contribution < 1.29 is 9.13 Å². The van der Waals surface area contributed by atoms with E-state index in [9.17, 15) is 4.39 Å². The van der Waals surface area contributed by atoms with Gasteiger partial charge in [-0.3, -0.25) is 0 Å². The van der Waals surface area contributed by atoms with Crippen LogP contribution in [0.2, 0.25) is 0 Å². The van der Waals surface area contributed by atoms with E-state index in [1.165, 1.54) is 12.1 Å². The van der Waals surface area contributed by atoms with E-state index in [-0.39, 0.29) is 11.9 Å². The van der Waals surface area contributed by atoms with Crippen LogP contribution in [0.1, 0.15) is 17.2 Å². The van der Waals surface area contributed by atoms with Crippen LogP contribution in [-0.2, 0) is 4.74 Å². The van der Waals surface area contributed by atoms with E-state index in [2.05, 4.69) is 0 Å². The molecule has 1 unspecified atom stereocenters. The third kappa shape index (κ3) is 2.50. The molecule has 1 aromatic rings. The molecular weight excluding hydrogens is 169 g/mol. The fourth-order valence-electron chi connectivity index (χ4n) is 1.28. The SMILES string of the molecule is COCC(N)c1cc(F)ccc1C. The summed E-state index contributed by atoms with van der Waals surface area (Å²) in [5.74, 6) is -0.257. The van der Waals surface area contributed by atoms with Crippen molar-refractivity contribution in [1.82, 2.24) is 0 Å². The van der Waals surface area contributed by atoms with E-state index >= 15 is 0 Å². The maximum absolute atomic E-state index is 12.9. The standard InChI is InChI=1S/C10H14FNO/c1-7-3-4-8(11)5-9(7)10(12)6-13-2/h3-5,10H,6,12H2,1-2H3. The van der Waals surface area contributed by atoms with Gasteiger partial charge in [-0.05, 0) is 30.2 Å². The highest BCUT2D eigenvalue weighted by atomic mass is 19.1. The van der Waals surface area contributed by atoms with Gasteiger partial charge in [-0.15, -0.1) is 0 Å². The average molecular weight is 183 g/mol. The minimum atomic E-state index is -0.257. The largest absolute Gasteiger partial charge is 0.383 e. The molecule has 0 saturated heterocycles. The van der Waals surface area contributed by atoms with Gasteiger partial charge in [0.15, 0.2) is 0 Å². The highest BCUT2D eigenvalue weighted by Gasteiger charge is 2.09. The molecule has 0 spiro atoms. The van der Waals surface area contributed by atoms with Crippen molar-refractivity contribution in [2.24, 2.45) is 5.73 Å². The topological polar surface area (TPSA) is 35.2 Å². The molecule has 0 amide bonds. The first-order valence-electron chi connectivity index (χ1n) is 4.15. The van der Waals surface area contributed by atoms with Crippen LogP contribution in [0.3, 0.4) is 0 Å². The lowest BCUT2D eigenvalue weighted by Gasteiger charge is -2.13.